The number of aromatic nitrogens is 2. The number of fused-ring (bicyclic) bond motifs is 2. The number of hydrogen-bond acceptors (Lipinski definition) is 6. The SMILES string of the molecule is O=S(=O)(c1nc2ccccc2s1)c1c[nH]c2c(N3CCNCC3)cccc12. The number of sulfone groups is 1. The number of thiazole rings is 1. The molecule has 0 radical (unpaired) electrons. The molecule has 3 heterocycles. The largest absolute Gasteiger partial charge is 0.367 e. The molecule has 138 valence electrons. The predicted molar refractivity (Wildman–Crippen MR) is 108 cm³/mol. The highest BCUT2D eigenvalue weighted by atomic mass is 32.2. The van der Waals surface area contributed by atoms with Crippen LogP contribution in [0.2, 0.25) is 0 Å². The second kappa shape index (κ2) is 6.33. The van der Waals surface area contributed by atoms with Crippen molar-refractivity contribution in [2.24, 2.45) is 0 Å². The third-order valence-corrected chi connectivity index (χ3v) is 8.11. The molecule has 2 N–H and O–H groups in total. The molecule has 1 saturated heterocycles. The van der Waals surface area contributed by atoms with E-state index in [2.05, 4.69) is 20.2 Å². The number of benzene rings is 2. The zero-order valence-corrected chi connectivity index (χ0v) is 16.1. The van der Waals surface area contributed by atoms with Crippen LogP contribution in [0, 0.1) is 0 Å². The van der Waals surface area contributed by atoms with Crippen molar-refractivity contribution in [3.05, 3.63) is 48.7 Å². The average molecular weight is 399 g/mol. The number of para-hydroxylation sites is 2. The Labute approximate surface area is 160 Å². The van der Waals surface area contributed by atoms with Crippen molar-refractivity contribution in [1.82, 2.24) is 15.3 Å². The number of aromatic amines is 1. The lowest BCUT2D eigenvalue weighted by molar-refractivity contribution is 0.590. The smallest absolute Gasteiger partial charge is 0.235 e. The van der Waals surface area contributed by atoms with E-state index in [9.17, 15) is 8.42 Å². The fourth-order valence-corrected chi connectivity index (χ4v) is 6.32. The number of hydrogen-bond donors (Lipinski definition) is 2. The molecule has 1 fully saturated rings. The van der Waals surface area contributed by atoms with E-state index in [0.29, 0.717) is 10.9 Å². The number of rotatable bonds is 3. The first-order chi connectivity index (χ1) is 13.1. The van der Waals surface area contributed by atoms with Gasteiger partial charge in [0.15, 0.2) is 0 Å². The molecular weight excluding hydrogens is 380 g/mol. The third-order valence-electron chi connectivity index (χ3n) is 4.91. The van der Waals surface area contributed by atoms with Crippen molar-refractivity contribution in [3.8, 4) is 0 Å². The Balaban J connectivity index is 1.64. The molecule has 2 aromatic heterocycles. The first-order valence-corrected chi connectivity index (χ1v) is 11.1. The van der Waals surface area contributed by atoms with Crippen LogP contribution < -0.4 is 10.2 Å². The Morgan fingerprint density at radius 1 is 1.04 bits per heavy atom. The molecule has 5 rings (SSSR count). The van der Waals surface area contributed by atoms with E-state index in [-0.39, 0.29) is 9.24 Å². The maximum atomic E-state index is 13.3. The summed E-state index contributed by atoms with van der Waals surface area (Å²) in [4.78, 5) is 10.1. The van der Waals surface area contributed by atoms with Gasteiger partial charge in [0.2, 0.25) is 14.2 Å². The van der Waals surface area contributed by atoms with E-state index in [4.69, 9.17) is 0 Å². The second-order valence-electron chi connectivity index (χ2n) is 6.54. The van der Waals surface area contributed by atoms with Crippen LogP contribution in [0.25, 0.3) is 21.1 Å². The van der Waals surface area contributed by atoms with E-state index in [0.717, 1.165) is 42.1 Å². The summed E-state index contributed by atoms with van der Waals surface area (Å²) in [6, 6.07) is 13.3. The Bertz CT molecular complexity index is 1200. The molecule has 1 aliphatic heterocycles. The summed E-state index contributed by atoms with van der Waals surface area (Å²) in [6.45, 7) is 3.65. The topological polar surface area (TPSA) is 78.1 Å². The highest BCUT2D eigenvalue weighted by Gasteiger charge is 2.27. The van der Waals surface area contributed by atoms with Gasteiger partial charge < -0.3 is 15.2 Å². The van der Waals surface area contributed by atoms with Crippen LogP contribution >= 0.6 is 11.3 Å². The highest BCUT2D eigenvalue weighted by Crippen LogP contribution is 2.35. The maximum Gasteiger partial charge on any atom is 0.235 e. The van der Waals surface area contributed by atoms with Crippen LogP contribution in [0.1, 0.15) is 0 Å². The molecule has 0 unspecified atom stereocenters. The van der Waals surface area contributed by atoms with Gasteiger partial charge in [-0.1, -0.05) is 24.3 Å². The molecule has 2 aromatic carbocycles. The fraction of sp³-hybridized carbons (Fsp3) is 0.211. The number of piperazine rings is 1. The zero-order valence-electron chi connectivity index (χ0n) is 14.5. The lowest BCUT2D eigenvalue weighted by atomic mass is 10.2. The molecular formula is C19H18N4O2S2. The van der Waals surface area contributed by atoms with Crippen LogP contribution in [-0.2, 0) is 9.84 Å². The molecule has 0 amide bonds. The van der Waals surface area contributed by atoms with Crippen LogP contribution in [0.15, 0.2) is 57.9 Å². The first-order valence-electron chi connectivity index (χ1n) is 8.81. The molecule has 4 aromatic rings. The van der Waals surface area contributed by atoms with Gasteiger partial charge in [-0.3, -0.25) is 0 Å². The normalized spacial score (nSPS) is 15.6. The van der Waals surface area contributed by atoms with Gasteiger partial charge in [0.05, 0.1) is 26.3 Å². The minimum atomic E-state index is -3.69. The Kier molecular flexibility index (Phi) is 3.92. The van der Waals surface area contributed by atoms with E-state index in [1.807, 2.05) is 42.5 Å². The summed E-state index contributed by atoms with van der Waals surface area (Å²) in [5.41, 5.74) is 2.61. The molecule has 8 heteroatoms. The predicted octanol–water partition coefficient (Wildman–Crippen LogP) is 3.02. The van der Waals surface area contributed by atoms with Crippen molar-refractivity contribution >= 4 is 48.0 Å². The molecule has 0 atom stereocenters. The minimum absolute atomic E-state index is 0.136. The Morgan fingerprint density at radius 2 is 1.85 bits per heavy atom. The monoisotopic (exact) mass is 398 g/mol. The van der Waals surface area contributed by atoms with Crippen molar-refractivity contribution in [3.63, 3.8) is 0 Å². The number of nitrogens with zero attached hydrogens (tertiary/aromatic N) is 2. The van der Waals surface area contributed by atoms with Gasteiger partial charge in [0.1, 0.15) is 0 Å². The van der Waals surface area contributed by atoms with Crippen molar-refractivity contribution in [2.75, 3.05) is 31.1 Å². The molecule has 0 aliphatic carbocycles. The molecule has 27 heavy (non-hydrogen) atoms. The van der Waals surface area contributed by atoms with Gasteiger partial charge >= 0.3 is 0 Å². The molecule has 0 bridgehead atoms. The fourth-order valence-electron chi connectivity index (χ4n) is 3.56. The lowest BCUT2D eigenvalue weighted by Crippen LogP contribution is -2.43. The summed E-state index contributed by atoms with van der Waals surface area (Å²) >= 11 is 1.21. The Morgan fingerprint density at radius 3 is 2.67 bits per heavy atom. The summed E-state index contributed by atoms with van der Waals surface area (Å²) < 4.78 is 27.5. The summed E-state index contributed by atoms with van der Waals surface area (Å²) in [7, 11) is -3.69. The standard InChI is InChI=1S/C19H18N4O2S2/c24-27(25,19-22-14-5-1-2-7-16(14)26-19)17-12-21-18-13(17)4-3-6-15(18)23-10-8-20-9-11-23/h1-7,12,20-21H,8-11H2. The van der Waals surface area contributed by atoms with E-state index < -0.39 is 9.84 Å². The molecule has 0 spiro atoms. The van der Waals surface area contributed by atoms with Gasteiger partial charge in [0.25, 0.3) is 0 Å². The molecule has 0 saturated carbocycles. The third kappa shape index (κ3) is 2.72. The van der Waals surface area contributed by atoms with Crippen molar-refractivity contribution in [2.45, 2.75) is 9.24 Å². The quantitative estimate of drug-likeness (QED) is 0.555. The number of anilines is 1. The van der Waals surface area contributed by atoms with Gasteiger partial charge in [-0.2, -0.15) is 0 Å². The van der Waals surface area contributed by atoms with E-state index in [1.165, 1.54) is 11.3 Å². The minimum Gasteiger partial charge on any atom is -0.367 e. The van der Waals surface area contributed by atoms with E-state index in [1.54, 1.807) is 6.20 Å². The van der Waals surface area contributed by atoms with Crippen LogP contribution in [-0.4, -0.2) is 44.6 Å². The number of nitrogens with one attached hydrogen (secondary N) is 2. The Hall–Kier alpha value is -2.42. The second-order valence-corrected chi connectivity index (χ2v) is 9.66. The number of H-pyrrole nitrogens is 1. The highest BCUT2D eigenvalue weighted by molar-refractivity contribution is 7.93. The summed E-state index contributed by atoms with van der Waals surface area (Å²) in [5, 5.41) is 4.05. The summed E-state index contributed by atoms with van der Waals surface area (Å²) in [6.07, 6.45) is 1.60. The summed E-state index contributed by atoms with van der Waals surface area (Å²) in [5.74, 6) is 0. The van der Waals surface area contributed by atoms with E-state index >= 15 is 0 Å². The maximum absolute atomic E-state index is 13.3. The zero-order chi connectivity index (χ0) is 18.4. The van der Waals surface area contributed by atoms with Crippen molar-refractivity contribution < 1.29 is 8.42 Å². The molecule has 1 aliphatic rings. The van der Waals surface area contributed by atoms with Crippen LogP contribution in [0.5, 0.6) is 0 Å². The first kappa shape index (κ1) is 16.7. The van der Waals surface area contributed by atoms with Gasteiger partial charge in [-0.25, -0.2) is 13.4 Å². The lowest BCUT2D eigenvalue weighted by Gasteiger charge is -2.29. The molecule has 6 nitrogen and oxygen atoms in total. The van der Waals surface area contributed by atoms with Crippen LogP contribution in [0.4, 0.5) is 5.69 Å². The van der Waals surface area contributed by atoms with Crippen molar-refractivity contribution in [1.29, 1.82) is 0 Å². The average Bonchev–Trinajstić information content (AvgIpc) is 3.33. The van der Waals surface area contributed by atoms with Gasteiger partial charge in [-0.05, 0) is 18.2 Å². The van der Waals surface area contributed by atoms with Crippen LogP contribution in [0.3, 0.4) is 0 Å². The van der Waals surface area contributed by atoms with Gasteiger partial charge in [0, 0.05) is 37.8 Å². The van der Waals surface area contributed by atoms with Gasteiger partial charge in [-0.15, -0.1) is 11.3 Å².